The molecule has 0 atom stereocenters. The van der Waals surface area contributed by atoms with Crippen LogP contribution in [-0.2, 0) is 0 Å². The molecule has 0 aliphatic rings. The summed E-state index contributed by atoms with van der Waals surface area (Å²) >= 11 is 0. The highest BCUT2D eigenvalue weighted by atomic mass is 16.1. The average molecular weight is 230 g/mol. The van der Waals surface area contributed by atoms with Crippen LogP contribution in [0.2, 0.25) is 0 Å². The lowest BCUT2D eigenvalue weighted by atomic mass is 9.97. The Labute approximate surface area is 101 Å². The quantitative estimate of drug-likeness (QED) is 0.818. The molecule has 2 rings (SSSR count). The first-order valence-corrected chi connectivity index (χ1v) is 5.82. The Morgan fingerprint density at radius 1 is 1.29 bits per heavy atom. The Bertz CT molecular complexity index is 534. The summed E-state index contributed by atoms with van der Waals surface area (Å²) < 4.78 is 0. The van der Waals surface area contributed by atoms with Gasteiger partial charge in [-0.25, -0.2) is 0 Å². The Hall–Kier alpha value is -1.77. The number of aromatic nitrogens is 1. The number of nitrogens with one attached hydrogen (secondary N) is 2. The van der Waals surface area contributed by atoms with E-state index >= 15 is 0 Å². The molecule has 1 heterocycles. The Morgan fingerprint density at radius 3 is 2.76 bits per heavy atom. The number of hydrogen-bond acceptors (Lipinski definition) is 1. The highest BCUT2D eigenvalue weighted by Crippen LogP contribution is 2.17. The summed E-state index contributed by atoms with van der Waals surface area (Å²) in [5.74, 6) is -0.0204. The fraction of sp³-hybridized carbons (Fsp3) is 0.357. The molecule has 0 radical (unpaired) electrons. The SMILES string of the molecule is CC(C)(C)CNC(=O)c1cccc2cc[nH]c12. The van der Waals surface area contributed by atoms with Crippen LogP contribution in [0.3, 0.4) is 0 Å². The molecule has 17 heavy (non-hydrogen) atoms. The number of para-hydroxylation sites is 1. The number of H-pyrrole nitrogens is 1. The molecule has 0 aliphatic carbocycles. The first kappa shape index (κ1) is 11.7. The van der Waals surface area contributed by atoms with Gasteiger partial charge in [-0.1, -0.05) is 32.9 Å². The normalized spacial score (nSPS) is 11.7. The number of carbonyl (C=O) groups is 1. The molecule has 0 aliphatic heterocycles. The maximum absolute atomic E-state index is 12.1. The van der Waals surface area contributed by atoms with Crippen LogP contribution in [0.5, 0.6) is 0 Å². The van der Waals surface area contributed by atoms with E-state index in [1.807, 2.05) is 30.5 Å². The minimum atomic E-state index is -0.0204. The highest BCUT2D eigenvalue weighted by molar-refractivity contribution is 6.05. The van der Waals surface area contributed by atoms with Gasteiger partial charge in [0.15, 0.2) is 0 Å². The second kappa shape index (κ2) is 4.24. The van der Waals surface area contributed by atoms with E-state index in [2.05, 4.69) is 31.1 Å². The van der Waals surface area contributed by atoms with Crippen LogP contribution >= 0.6 is 0 Å². The third-order valence-electron chi connectivity index (χ3n) is 2.61. The molecule has 2 aromatic rings. The number of rotatable bonds is 2. The molecule has 2 N–H and O–H groups in total. The van der Waals surface area contributed by atoms with E-state index in [1.54, 1.807) is 0 Å². The lowest BCUT2D eigenvalue weighted by Gasteiger charge is -2.18. The Morgan fingerprint density at radius 2 is 2.06 bits per heavy atom. The van der Waals surface area contributed by atoms with Gasteiger partial charge in [0.1, 0.15) is 0 Å². The topological polar surface area (TPSA) is 44.9 Å². The highest BCUT2D eigenvalue weighted by Gasteiger charge is 2.14. The summed E-state index contributed by atoms with van der Waals surface area (Å²) in [5, 5.41) is 4.03. The van der Waals surface area contributed by atoms with Gasteiger partial charge >= 0.3 is 0 Å². The molecule has 3 nitrogen and oxygen atoms in total. The zero-order valence-corrected chi connectivity index (χ0v) is 10.5. The van der Waals surface area contributed by atoms with Crippen molar-refractivity contribution in [3.05, 3.63) is 36.0 Å². The van der Waals surface area contributed by atoms with Crippen molar-refractivity contribution in [3.8, 4) is 0 Å². The summed E-state index contributed by atoms with van der Waals surface area (Å²) in [6.45, 7) is 6.97. The summed E-state index contributed by atoms with van der Waals surface area (Å²) in [5.41, 5.74) is 1.70. The zero-order valence-electron chi connectivity index (χ0n) is 10.5. The summed E-state index contributed by atoms with van der Waals surface area (Å²) in [6, 6.07) is 7.71. The molecule has 90 valence electrons. The maximum atomic E-state index is 12.1. The second-order valence-corrected chi connectivity index (χ2v) is 5.49. The van der Waals surface area contributed by atoms with Crippen LogP contribution in [-0.4, -0.2) is 17.4 Å². The van der Waals surface area contributed by atoms with Crippen LogP contribution in [0.25, 0.3) is 10.9 Å². The van der Waals surface area contributed by atoms with Gasteiger partial charge in [0.2, 0.25) is 0 Å². The van der Waals surface area contributed by atoms with E-state index in [0.29, 0.717) is 12.1 Å². The predicted octanol–water partition coefficient (Wildman–Crippen LogP) is 2.94. The number of fused-ring (bicyclic) bond motifs is 1. The van der Waals surface area contributed by atoms with Crippen molar-refractivity contribution in [2.75, 3.05) is 6.54 Å². The van der Waals surface area contributed by atoms with E-state index < -0.39 is 0 Å². The van der Waals surface area contributed by atoms with E-state index in [9.17, 15) is 4.79 Å². The average Bonchev–Trinajstić information content (AvgIpc) is 2.72. The fourth-order valence-electron chi connectivity index (χ4n) is 1.71. The number of benzene rings is 1. The monoisotopic (exact) mass is 230 g/mol. The molecule has 0 spiro atoms. The van der Waals surface area contributed by atoms with Crippen molar-refractivity contribution in [2.24, 2.45) is 5.41 Å². The van der Waals surface area contributed by atoms with E-state index in [1.165, 1.54) is 0 Å². The lowest BCUT2D eigenvalue weighted by molar-refractivity contribution is 0.0941. The first-order valence-electron chi connectivity index (χ1n) is 5.82. The standard InChI is InChI=1S/C14H18N2O/c1-14(2,3)9-16-13(17)11-6-4-5-10-7-8-15-12(10)11/h4-8,15H,9H2,1-3H3,(H,16,17). The van der Waals surface area contributed by atoms with Gasteiger partial charge in [0, 0.05) is 18.1 Å². The number of carbonyl (C=O) groups excluding carboxylic acids is 1. The summed E-state index contributed by atoms with van der Waals surface area (Å²) in [7, 11) is 0. The molecular formula is C14H18N2O. The van der Waals surface area contributed by atoms with Crippen molar-refractivity contribution >= 4 is 16.8 Å². The maximum Gasteiger partial charge on any atom is 0.253 e. The molecule has 0 bridgehead atoms. The number of amides is 1. The first-order chi connectivity index (χ1) is 7.97. The third kappa shape index (κ3) is 2.67. The van der Waals surface area contributed by atoms with Crippen LogP contribution in [0, 0.1) is 5.41 Å². The summed E-state index contributed by atoms with van der Waals surface area (Å²) in [6.07, 6.45) is 1.85. The molecule has 0 saturated heterocycles. The van der Waals surface area contributed by atoms with Gasteiger partial charge in [-0.05, 0) is 17.5 Å². The minimum absolute atomic E-state index is 0.0204. The number of aromatic amines is 1. The second-order valence-electron chi connectivity index (χ2n) is 5.49. The van der Waals surface area contributed by atoms with Crippen molar-refractivity contribution in [1.82, 2.24) is 10.3 Å². The van der Waals surface area contributed by atoms with Crippen LogP contribution in [0.4, 0.5) is 0 Å². The molecule has 0 saturated carbocycles. The molecule has 0 unspecified atom stereocenters. The molecule has 1 aromatic heterocycles. The molecular weight excluding hydrogens is 212 g/mol. The van der Waals surface area contributed by atoms with Gasteiger partial charge in [-0.3, -0.25) is 4.79 Å². The van der Waals surface area contributed by atoms with Crippen molar-refractivity contribution in [2.45, 2.75) is 20.8 Å². The smallest absolute Gasteiger partial charge is 0.253 e. The largest absolute Gasteiger partial charge is 0.361 e. The van der Waals surface area contributed by atoms with Crippen molar-refractivity contribution in [3.63, 3.8) is 0 Å². The van der Waals surface area contributed by atoms with E-state index in [-0.39, 0.29) is 11.3 Å². The van der Waals surface area contributed by atoms with Gasteiger partial charge < -0.3 is 10.3 Å². The number of hydrogen-bond donors (Lipinski definition) is 2. The lowest BCUT2D eigenvalue weighted by Crippen LogP contribution is -2.32. The minimum Gasteiger partial charge on any atom is -0.361 e. The Balaban J connectivity index is 2.22. The van der Waals surface area contributed by atoms with Crippen LogP contribution in [0.1, 0.15) is 31.1 Å². The van der Waals surface area contributed by atoms with Crippen molar-refractivity contribution < 1.29 is 4.79 Å². The van der Waals surface area contributed by atoms with Gasteiger partial charge in [-0.2, -0.15) is 0 Å². The third-order valence-corrected chi connectivity index (χ3v) is 2.61. The van der Waals surface area contributed by atoms with Crippen LogP contribution in [0.15, 0.2) is 30.5 Å². The predicted molar refractivity (Wildman–Crippen MR) is 70.1 cm³/mol. The molecule has 3 heteroatoms. The van der Waals surface area contributed by atoms with Gasteiger partial charge in [-0.15, -0.1) is 0 Å². The van der Waals surface area contributed by atoms with Gasteiger partial charge in [0.25, 0.3) is 5.91 Å². The summed E-state index contributed by atoms with van der Waals surface area (Å²) in [4.78, 5) is 15.2. The fourth-order valence-corrected chi connectivity index (χ4v) is 1.71. The molecule has 1 aromatic carbocycles. The molecule has 0 fully saturated rings. The van der Waals surface area contributed by atoms with E-state index in [4.69, 9.17) is 0 Å². The van der Waals surface area contributed by atoms with E-state index in [0.717, 1.165) is 10.9 Å². The zero-order chi connectivity index (χ0) is 12.5. The van der Waals surface area contributed by atoms with Crippen LogP contribution < -0.4 is 5.32 Å². The van der Waals surface area contributed by atoms with Crippen molar-refractivity contribution in [1.29, 1.82) is 0 Å². The molecule has 1 amide bonds. The Kier molecular flexibility index (Phi) is 2.92. The van der Waals surface area contributed by atoms with Gasteiger partial charge in [0.05, 0.1) is 11.1 Å².